The first-order chi connectivity index (χ1) is 4.74. The van der Waals surface area contributed by atoms with E-state index in [2.05, 4.69) is 25.9 Å². The predicted octanol–water partition coefficient (Wildman–Crippen LogP) is 0.982. The van der Waals surface area contributed by atoms with Crippen LogP contribution in [0.1, 0.15) is 11.4 Å². The molecule has 0 saturated carbocycles. The topological polar surface area (TPSA) is 54.7 Å². The maximum absolute atomic E-state index is 5.37. The van der Waals surface area contributed by atoms with Crippen molar-refractivity contribution >= 4 is 15.9 Å². The zero-order valence-electron chi connectivity index (χ0n) is 5.82. The minimum Gasteiger partial charge on any atom is -0.336 e. The Balaban J connectivity index is 2.81. The van der Waals surface area contributed by atoms with E-state index in [0.29, 0.717) is 6.54 Å². The summed E-state index contributed by atoms with van der Waals surface area (Å²) in [7, 11) is 0. The highest BCUT2D eigenvalue weighted by molar-refractivity contribution is 9.10. The van der Waals surface area contributed by atoms with Crippen LogP contribution in [-0.2, 0) is 6.42 Å². The Kier molecular flexibility index (Phi) is 2.45. The van der Waals surface area contributed by atoms with E-state index in [-0.39, 0.29) is 0 Å². The van der Waals surface area contributed by atoms with Crippen LogP contribution in [0.15, 0.2) is 4.73 Å². The summed E-state index contributed by atoms with van der Waals surface area (Å²) in [5.41, 5.74) is 7.51. The summed E-state index contributed by atoms with van der Waals surface area (Å²) < 4.78 is 0.786. The van der Waals surface area contributed by atoms with Gasteiger partial charge in [-0.25, -0.2) is 4.98 Å². The summed E-state index contributed by atoms with van der Waals surface area (Å²) in [6, 6.07) is 0. The number of nitrogens with two attached hydrogens (primary N) is 1. The Bertz CT molecular complexity index is 219. The van der Waals surface area contributed by atoms with Gasteiger partial charge in [-0.2, -0.15) is 0 Å². The molecule has 4 heteroatoms. The lowest BCUT2D eigenvalue weighted by atomic mass is 10.3. The molecule has 3 N–H and O–H groups in total. The number of nitrogens with one attached hydrogen (secondary N) is 1. The van der Waals surface area contributed by atoms with Gasteiger partial charge in [0.25, 0.3) is 0 Å². The lowest BCUT2D eigenvalue weighted by Gasteiger charge is -1.90. The molecule has 0 atom stereocenters. The fourth-order valence-corrected chi connectivity index (χ4v) is 1.35. The summed E-state index contributed by atoms with van der Waals surface area (Å²) in [6.07, 6.45) is 0.841. The van der Waals surface area contributed by atoms with Crippen LogP contribution < -0.4 is 5.73 Å². The number of hydrogen-bond acceptors (Lipinski definition) is 2. The lowest BCUT2D eigenvalue weighted by Crippen LogP contribution is -2.03. The van der Waals surface area contributed by atoms with Crippen molar-refractivity contribution < 1.29 is 0 Å². The summed E-state index contributed by atoms with van der Waals surface area (Å²) in [5.74, 6) is 0. The number of aromatic nitrogens is 2. The monoisotopic (exact) mass is 203 g/mol. The van der Waals surface area contributed by atoms with Crippen molar-refractivity contribution in [3.05, 3.63) is 16.1 Å². The van der Waals surface area contributed by atoms with Crippen LogP contribution in [0, 0.1) is 6.92 Å². The number of halogens is 1. The van der Waals surface area contributed by atoms with Crippen molar-refractivity contribution in [3.63, 3.8) is 0 Å². The Morgan fingerprint density at radius 2 is 2.40 bits per heavy atom. The molecule has 10 heavy (non-hydrogen) atoms. The van der Waals surface area contributed by atoms with E-state index in [9.17, 15) is 0 Å². The molecular weight excluding hydrogens is 194 g/mol. The van der Waals surface area contributed by atoms with Crippen molar-refractivity contribution in [3.8, 4) is 0 Å². The first-order valence-electron chi connectivity index (χ1n) is 3.15. The highest BCUT2D eigenvalue weighted by Gasteiger charge is 2.01. The van der Waals surface area contributed by atoms with Gasteiger partial charge in [0.1, 0.15) is 0 Å². The van der Waals surface area contributed by atoms with E-state index < -0.39 is 0 Å². The highest BCUT2D eigenvalue weighted by Crippen LogP contribution is 2.09. The van der Waals surface area contributed by atoms with Crippen molar-refractivity contribution in [2.75, 3.05) is 6.54 Å². The van der Waals surface area contributed by atoms with Crippen molar-refractivity contribution in [2.45, 2.75) is 13.3 Å². The van der Waals surface area contributed by atoms with E-state index in [0.717, 1.165) is 22.5 Å². The van der Waals surface area contributed by atoms with Crippen molar-refractivity contribution in [1.82, 2.24) is 9.97 Å². The smallest absolute Gasteiger partial charge is 0.174 e. The second-order valence-electron chi connectivity index (χ2n) is 2.14. The fraction of sp³-hybridized carbons (Fsp3) is 0.500. The molecule has 56 valence electrons. The molecule has 1 aromatic rings. The Morgan fingerprint density at radius 1 is 1.70 bits per heavy atom. The number of hydrogen-bond donors (Lipinski definition) is 2. The van der Waals surface area contributed by atoms with E-state index >= 15 is 0 Å². The number of aromatic amines is 1. The molecule has 0 amide bonds. The van der Waals surface area contributed by atoms with Crippen LogP contribution >= 0.6 is 15.9 Å². The van der Waals surface area contributed by atoms with E-state index in [1.165, 1.54) is 0 Å². The Labute approximate surface area is 68.2 Å². The van der Waals surface area contributed by atoms with Crippen LogP contribution in [-0.4, -0.2) is 16.5 Å². The maximum Gasteiger partial charge on any atom is 0.174 e. The third kappa shape index (κ3) is 1.58. The molecule has 1 rings (SSSR count). The molecule has 1 aromatic heterocycles. The quantitative estimate of drug-likeness (QED) is 0.754. The molecule has 0 aliphatic heterocycles. The zero-order chi connectivity index (χ0) is 7.56. The van der Waals surface area contributed by atoms with Gasteiger partial charge in [-0.1, -0.05) is 0 Å². The average molecular weight is 204 g/mol. The van der Waals surface area contributed by atoms with Gasteiger partial charge in [-0.05, 0) is 29.4 Å². The average Bonchev–Trinajstić information content (AvgIpc) is 2.13. The Hall–Kier alpha value is -0.350. The number of nitrogens with zero attached hydrogens (tertiary/aromatic N) is 1. The minimum absolute atomic E-state index is 0.651. The molecule has 0 radical (unpaired) electrons. The molecule has 0 aromatic carbocycles. The molecule has 0 aliphatic carbocycles. The maximum atomic E-state index is 5.37. The zero-order valence-corrected chi connectivity index (χ0v) is 7.40. The van der Waals surface area contributed by atoms with Crippen LogP contribution in [0.25, 0.3) is 0 Å². The van der Waals surface area contributed by atoms with Crippen LogP contribution in [0.3, 0.4) is 0 Å². The summed E-state index contributed by atoms with van der Waals surface area (Å²) in [5, 5.41) is 0. The van der Waals surface area contributed by atoms with Gasteiger partial charge in [-0.15, -0.1) is 0 Å². The number of rotatable bonds is 2. The minimum atomic E-state index is 0.651. The van der Waals surface area contributed by atoms with Gasteiger partial charge in [0.2, 0.25) is 0 Å². The second-order valence-corrected chi connectivity index (χ2v) is 2.89. The van der Waals surface area contributed by atoms with Gasteiger partial charge >= 0.3 is 0 Å². The molecular formula is C6H10BrN3. The van der Waals surface area contributed by atoms with Crippen molar-refractivity contribution in [1.29, 1.82) is 0 Å². The molecule has 0 spiro atoms. The first kappa shape index (κ1) is 7.75. The van der Waals surface area contributed by atoms with Gasteiger partial charge in [-0.3, -0.25) is 0 Å². The van der Waals surface area contributed by atoms with E-state index in [4.69, 9.17) is 5.73 Å². The SMILES string of the molecule is Cc1[nH]c(Br)nc1CCN. The number of H-pyrrole nitrogens is 1. The van der Waals surface area contributed by atoms with Crippen LogP contribution in [0.5, 0.6) is 0 Å². The summed E-state index contributed by atoms with van der Waals surface area (Å²) in [6.45, 7) is 2.64. The van der Waals surface area contributed by atoms with Crippen molar-refractivity contribution in [2.24, 2.45) is 5.73 Å². The molecule has 3 nitrogen and oxygen atoms in total. The molecule has 0 unspecified atom stereocenters. The van der Waals surface area contributed by atoms with Gasteiger partial charge < -0.3 is 10.7 Å². The van der Waals surface area contributed by atoms with E-state index in [1.54, 1.807) is 0 Å². The predicted molar refractivity (Wildman–Crippen MR) is 43.8 cm³/mol. The molecule has 0 saturated heterocycles. The van der Waals surface area contributed by atoms with Crippen LogP contribution in [0.2, 0.25) is 0 Å². The van der Waals surface area contributed by atoms with Crippen LogP contribution in [0.4, 0.5) is 0 Å². The second kappa shape index (κ2) is 3.16. The van der Waals surface area contributed by atoms with Gasteiger partial charge in [0.15, 0.2) is 4.73 Å². The number of imidazole rings is 1. The van der Waals surface area contributed by atoms with E-state index in [1.807, 2.05) is 6.92 Å². The Morgan fingerprint density at radius 3 is 2.80 bits per heavy atom. The fourth-order valence-electron chi connectivity index (χ4n) is 0.837. The highest BCUT2D eigenvalue weighted by atomic mass is 79.9. The summed E-state index contributed by atoms with van der Waals surface area (Å²) in [4.78, 5) is 7.22. The molecule has 0 fully saturated rings. The van der Waals surface area contributed by atoms with Gasteiger partial charge in [0.05, 0.1) is 5.69 Å². The lowest BCUT2D eigenvalue weighted by molar-refractivity contribution is 0.921. The first-order valence-corrected chi connectivity index (χ1v) is 3.94. The standard InChI is InChI=1S/C6H10BrN3/c1-4-5(2-3-8)10-6(7)9-4/h2-3,8H2,1H3,(H,9,10). The largest absolute Gasteiger partial charge is 0.336 e. The summed E-state index contributed by atoms with van der Waals surface area (Å²) >= 11 is 3.25. The normalized spacial score (nSPS) is 10.3. The van der Waals surface area contributed by atoms with Gasteiger partial charge in [0, 0.05) is 12.1 Å². The third-order valence-corrected chi connectivity index (χ3v) is 1.71. The number of aryl methyl sites for hydroxylation is 1. The molecule has 0 aliphatic rings. The molecule has 0 bridgehead atoms. The third-order valence-electron chi connectivity index (χ3n) is 1.34. The molecule has 1 heterocycles.